The van der Waals surface area contributed by atoms with Crippen LogP contribution in [-0.2, 0) is 6.54 Å². The van der Waals surface area contributed by atoms with Crippen LogP contribution in [0, 0.1) is 18.3 Å². The molecule has 0 radical (unpaired) electrons. The van der Waals surface area contributed by atoms with Gasteiger partial charge in [0.05, 0.1) is 12.1 Å². The maximum absolute atomic E-state index is 8.79. The van der Waals surface area contributed by atoms with Gasteiger partial charge < -0.3 is 9.84 Å². The number of aryl methyl sites for hydroxylation is 1. The maximum Gasteiger partial charge on any atom is 0.245 e. The molecule has 1 N–H and O–H groups in total. The van der Waals surface area contributed by atoms with Crippen molar-refractivity contribution in [3.8, 4) is 6.07 Å². The van der Waals surface area contributed by atoms with Crippen molar-refractivity contribution in [3.63, 3.8) is 0 Å². The van der Waals surface area contributed by atoms with Crippen molar-refractivity contribution >= 4 is 21.6 Å². The Morgan fingerprint density at radius 3 is 2.94 bits per heavy atom. The Labute approximate surface area is 107 Å². The van der Waals surface area contributed by atoms with Crippen LogP contribution in [0.15, 0.2) is 27.2 Å². The summed E-state index contributed by atoms with van der Waals surface area (Å²) in [7, 11) is 0. The van der Waals surface area contributed by atoms with E-state index in [2.05, 4.69) is 37.5 Å². The number of anilines is 1. The van der Waals surface area contributed by atoms with Crippen LogP contribution < -0.4 is 5.32 Å². The molecule has 1 aromatic heterocycles. The van der Waals surface area contributed by atoms with Crippen LogP contribution in [0.5, 0.6) is 0 Å². The quantitative estimate of drug-likeness (QED) is 0.941. The van der Waals surface area contributed by atoms with Gasteiger partial charge in [0.1, 0.15) is 6.07 Å². The summed E-state index contributed by atoms with van der Waals surface area (Å²) in [4.78, 5) is 4.08. The second-order valence-electron chi connectivity index (χ2n) is 3.40. The summed E-state index contributed by atoms with van der Waals surface area (Å²) in [6.45, 7) is 2.23. The lowest BCUT2D eigenvalue weighted by Crippen LogP contribution is -1.99. The van der Waals surface area contributed by atoms with E-state index in [0.717, 1.165) is 10.2 Å². The van der Waals surface area contributed by atoms with Crippen LogP contribution in [-0.4, -0.2) is 10.1 Å². The van der Waals surface area contributed by atoms with Gasteiger partial charge in [-0.3, -0.25) is 0 Å². The van der Waals surface area contributed by atoms with Gasteiger partial charge in [0.15, 0.2) is 5.82 Å². The van der Waals surface area contributed by atoms with Gasteiger partial charge in [-0.1, -0.05) is 5.16 Å². The van der Waals surface area contributed by atoms with E-state index < -0.39 is 0 Å². The molecule has 1 heterocycles. The fourth-order valence-corrected chi connectivity index (χ4v) is 1.77. The van der Waals surface area contributed by atoms with Crippen molar-refractivity contribution < 1.29 is 4.52 Å². The standard InChI is InChI=1S/C11H9BrN4O/c1-7-15-11(17-16-7)6-14-9-3-2-8(5-13)10(12)4-9/h2-4,14H,6H2,1H3. The molecule has 0 aliphatic heterocycles. The van der Waals surface area contributed by atoms with Crippen LogP contribution >= 0.6 is 15.9 Å². The predicted molar refractivity (Wildman–Crippen MR) is 65.2 cm³/mol. The van der Waals surface area contributed by atoms with Crippen molar-refractivity contribution in [2.24, 2.45) is 0 Å². The van der Waals surface area contributed by atoms with E-state index in [1.54, 1.807) is 13.0 Å². The zero-order chi connectivity index (χ0) is 12.3. The monoisotopic (exact) mass is 292 g/mol. The van der Waals surface area contributed by atoms with Gasteiger partial charge in [0, 0.05) is 10.2 Å². The molecule has 17 heavy (non-hydrogen) atoms. The number of halogens is 1. The zero-order valence-electron chi connectivity index (χ0n) is 9.07. The number of aromatic nitrogens is 2. The number of nitrogens with zero attached hydrogens (tertiary/aromatic N) is 3. The first-order valence-corrected chi connectivity index (χ1v) is 5.71. The van der Waals surface area contributed by atoms with Gasteiger partial charge in [-0.25, -0.2) is 0 Å². The van der Waals surface area contributed by atoms with Gasteiger partial charge in [-0.05, 0) is 41.1 Å². The number of benzene rings is 1. The van der Waals surface area contributed by atoms with Crippen LogP contribution in [0.1, 0.15) is 17.3 Å². The van der Waals surface area contributed by atoms with Crippen molar-refractivity contribution in [2.75, 3.05) is 5.32 Å². The average molecular weight is 293 g/mol. The molecule has 2 rings (SSSR count). The lowest BCUT2D eigenvalue weighted by Gasteiger charge is -2.04. The molecule has 1 aromatic carbocycles. The fraction of sp³-hybridized carbons (Fsp3) is 0.182. The van der Waals surface area contributed by atoms with Gasteiger partial charge in [-0.2, -0.15) is 10.2 Å². The third-order valence-electron chi connectivity index (χ3n) is 2.10. The number of hydrogen-bond donors (Lipinski definition) is 1. The van der Waals surface area contributed by atoms with Crippen molar-refractivity contribution in [2.45, 2.75) is 13.5 Å². The molecule has 0 fully saturated rings. The SMILES string of the molecule is Cc1noc(CNc2ccc(C#N)c(Br)c2)n1. The highest BCUT2D eigenvalue weighted by Gasteiger charge is 2.04. The minimum Gasteiger partial charge on any atom is -0.376 e. The zero-order valence-corrected chi connectivity index (χ0v) is 10.7. The Hall–Kier alpha value is -1.87. The van der Waals surface area contributed by atoms with E-state index in [0.29, 0.717) is 23.8 Å². The second-order valence-corrected chi connectivity index (χ2v) is 4.25. The number of rotatable bonds is 3. The molecule has 5 nitrogen and oxygen atoms in total. The molecule has 2 aromatic rings. The van der Waals surface area contributed by atoms with Crippen LogP contribution in [0.25, 0.3) is 0 Å². The summed E-state index contributed by atoms with van der Waals surface area (Å²) in [6.07, 6.45) is 0. The summed E-state index contributed by atoms with van der Waals surface area (Å²) in [5, 5.41) is 15.6. The second kappa shape index (κ2) is 4.97. The summed E-state index contributed by atoms with van der Waals surface area (Å²) in [6, 6.07) is 7.49. The van der Waals surface area contributed by atoms with Gasteiger partial charge in [0.2, 0.25) is 5.89 Å². The van der Waals surface area contributed by atoms with Crippen molar-refractivity contribution in [1.29, 1.82) is 5.26 Å². The van der Waals surface area contributed by atoms with Gasteiger partial charge in [0.25, 0.3) is 0 Å². The van der Waals surface area contributed by atoms with E-state index in [9.17, 15) is 0 Å². The van der Waals surface area contributed by atoms with E-state index in [-0.39, 0.29) is 0 Å². The van der Waals surface area contributed by atoms with Crippen molar-refractivity contribution in [3.05, 3.63) is 40.0 Å². The molecule has 0 unspecified atom stereocenters. The van der Waals surface area contributed by atoms with E-state index >= 15 is 0 Å². The maximum atomic E-state index is 8.79. The normalized spacial score (nSPS) is 9.94. The van der Waals surface area contributed by atoms with Crippen molar-refractivity contribution in [1.82, 2.24) is 10.1 Å². The molecule has 0 aliphatic carbocycles. The highest BCUT2D eigenvalue weighted by atomic mass is 79.9. The first-order valence-electron chi connectivity index (χ1n) is 4.92. The fourth-order valence-electron chi connectivity index (χ4n) is 1.31. The molecule has 6 heteroatoms. The number of nitriles is 1. The number of nitrogens with one attached hydrogen (secondary N) is 1. The van der Waals surface area contributed by atoms with Crippen LogP contribution in [0.2, 0.25) is 0 Å². The predicted octanol–water partition coefficient (Wildman–Crippen LogP) is 2.62. The summed E-state index contributed by atoms with van der Waals surface area (Å²) in [5.41, 5.74) is 1.48. The molecule has 0 saturated heterocycles. The smallest absolute Gasteiger partial charge is 0.245 e. The third kappa shape index (κ3) is 2.82. The Morgan fingerprint density at radius 2 is 2.35 bits per heavy atom. The third-order valence-corrected chi connectivity index (χ3v) is 2.76. The van der Waals surface area contributed by atoms with E-state index in [1.807, 2.05) is 12.1 Å². The molecule has 0 bridgehead atoms. The molecule has 0 saturated carbocycles. The number of hydrogen-bond acceptors (Lipinski definition) is 5. The molecular weight excluding hydrogens is 284 g/mol. The topological polar surface area (TPSA) is 74.7 Å². The van der Waals surface area contributed by atoms with E-state index in [1.165, 1.54) is 0 Å². The lowest BCUT2D eigenvalue weighted by molar-refractivity contribution is 0.379. The summed E-state index contributed by atoms with van der Waals surface area (Å²) >= 11 is 3.32. The first kappa shape index (κ1) is 11.6. The Balaban J connectivity index is 2.05. The van der Waals surface area contributed by atoms with Gasteiger partial charge >= 0.3 is 0 Å². The molecular formula is C11H9BrN4O. The molecule has 86 valence electrons. The minimum atomic E-state index is 0.458. The lowest BCUT2D eigenvalue weighted by atomic mass is 10.2. The average Bonchev–Trinajstić information content (AvgIpc) is 2.73. The Kier molecular flexibility index (Phi) is 3.40. The van der Waals surface area contributed by atoms with E-state index in [4.69, 9.17) is 9.78 Å². The molecule has 0 amide bonds. The Bertz CT molecular complexity index is 573. The van der Waals surface area contributed by atoms with Crippen LogP contribution in [0.4, 0.5) is 5.69 Å². The molecule has 0 aliphatic rings. The van der Waals surface area contributed by atoms with Crippen LogP contribution in [0.3, 0.4) is 0 Å². The molecule has 0 atom stereocenters. The summed E-state index contributed by atoms with van der Waals surface area (Å²) < 4.78 is 5.73. The minimum absolute atomic E-state index is 0.458. The first-order chi connectivity index (χ1) is 8.19. The highest BCUT2D eigenvalue weighted by Crippen LogP contribution is 2.21. The molecule has 0 spiro atoms. The summed E-state index contributed by atoms with van der Waals surface area (Å²) in [5.74, 6) is 1.14. The van der Waals surface area contributed by atoms with Gasteiger partial charge in [-0.15, -0.1) is 0 Å². The largest absolute Gasteiger partial charge is 0.376 e. The Morgan fingerprint density at radius 1 is 1.53 bits per heavy atom. The highest BCUT2D eigenvalue weighted by molar-refractivity contribution is 9.10.